The van der Waals surface area contributed by atoms with Crippen LogP contribution in [0.5, 0.6) is 0 Å². The summed E-state index contributed by atoms with van der Waals surface area (Å²) in [6, 6.07) is 12.6. The monoisotopic (exact) mass is 420 g/mol. The van der Waals surface area contributed by atoms with Gasteiger partial charge in [-0.2, -0.15) is 0 Å². The molecule has 0 saturated heterocycles. The van der Waals surface area contributed by atoms with Gasteiger partial charge in [0.1, 0.15) is 0 Å². The molecule has 6 heteroatoms. The molecule has 6 nitrogen and oxygen atoms in total. The van der Waals surface area contributed by atoms with Crippen LogP contribution in [0, 0.1) is 0 Å². The van der Waals surface area contributed by atoms with E-state index in [0.717, 1.165) is 24.0 Å². The molecular weight excluding hydrogens is 392 g/mol. The van der Waals surface area contributed by atoms with Crippen molar-refractivity contribution in [3.05, 3.63) is 58.7 Å². The summed E-state index contributed by atoms with van der Waals surface area (Å²) in [7, 11) is 0. The molecule has 0 unspecified atom stereocenters. The van der Waals surface area contributed by atoms with E-state index in [2.05, 4.69) is 48.4 Å². The normalized spacial score (nSPS) is 14.6. The first-order valence-corrected chi connectivity index (χ1v) is 10.5. The minimum absolute atomic E-state index is 0.153. The van der Waals surface area contributed by atoms with Crippen LogP contribution < -0.4 is 0 Å². The highest BCUT2D eigenvalue weighted by Crippen LogP contribution is 2.53. The summed E-state index contributed by atoms with van der Waals surface area (Å²) in [5.74, 6) is -0.884. The van der Waals surface area contributed by atoms with E-state index in [-0.39, 0.29) is 5.41 Å². The standard InChI is InChI=1S/C25H28N2O4/c1-7-25(8-2)23-13-19(15(3)26-30-17(5)28)9-11-21(23)22-12-10-20(14-24(22)25)16(4)27-31-18(6)29/h9-14H,7-8H2,1-6H3/b26-15+,27-16+. The smallest absolute Gasteiger partial charge is 0.318 e. The SMILES string of the molecule is CCC1(CC)c2cc(/C(C)=N/OC(C)=O)ccc2-c2ccc(/C(C)=N/OC(C)=O)cc21. The summed E-state index contributed by atoms with van der Waals surface area (Å²) < 4.78 is 0. The first-order chi connectivity index (χ1) is 14.7. The van der Waals surface area contributed by atoms with Gasteiger partial charge in [0.15, 0.2) is 0 Å². The number of hydrogen-bond acceptors (Lipinski definition) is 6. The zero-order chi connectivity index (χ0) is 22.8. The van der Waals surface area contributed by atoms with E-state index in [1.807, 2.05) is 26.0 Å². The van der Waals surface area contributed by atoms with Gasteiger partial charge in [0.25, 0.3) is 0 Å². The first kappa shape index (κ1) is 22.4. The van der Waals surface area contributed by atoms with Crippen molar-refractivity contribution in [1.29, 1.82) is 0 Å². The van der Waals surface area contributed by atoms with Crippen LogP contribution in [-0.2, 0) is 24.7 Å². The van der Waals surface area contributed by atoms with Crippen LogP contribution in [0.25, 0.3) is 11.1 Å². The molecule has 1 aliphatic carbocycles. The Labute approximate surface area is 182 Å². The van der Waals surface area contributed by atoms with Gasteiger partial charge in [0, 0.05) is 19.3 Å². The highest BCUT2D eigenvalue weighted by Gasteiger charge is 2.40. The van der Waals surface area contributed by atoms with Crippen molar-refractivity contribution in [2.24, 2.45) is 10.3 Å². The molecule has 0 radical (unpaired) electrons. The number of oxime groups is 2. The Morgan fingerprint density at radius 1 is 0.742 bits per heavy atom. The van der Waals surface area contributed by atoms with Crippen LogP contribution in [0.3, 0.4) is 0 Å². The van der Waals surface area contributed by atoms with Crippen molar-refractivity contribution in [3.8, 4) is 11.1 Å². The van der Waals surface area contributed by atoms with Gasteiger partial charge in [0.2, 0.25) is 0 Å². The van der Waals surface area contributed by atoms with Gasteiger partial charge in [-0.1, -0.05) is 48.4 Å². The molecular formula is C25H28N2O4. The van der Waals surface area contributed by atoms with Gasteiger partial charge in [0.05, 0.1) is 11.4 Å². The zero-order valence-corrected chi connectivity index (χ0v) is 18.9. The number of hydrogen-bond donors (Lipinski definition) is 0. The lowest BCUT2D eigenvalue weighted by atomic mass is 9.73. The molecule has 2 aromatic rings. The second kappa shape index (κ2) is 8.84. The summed E-state index contributed by atoms with van der Waals surface area (Å²) in [4.78, 5) is 31.9. The van der Waals surface area contributed by atoms with E-state index in [1.54, 1.807) is 0 Å². The van der Waals surface area contributed by atoms with Crippen molar-refractivity contribution in [2.75, 3.05) is 0 Å². The van der Waals surface area contributed by atoms with Crippen LogP contribution >= 0.6 is 0 Å². The van der Waals surface area contributed by atoms with Gasteiger partial charge < -0.3 is 9.68 Å². The number of carbonyl (C=O) groups is 2. The molecule has 162 valence electrons. The maximum Gasteiger partial charge on any atom is 0.331 e. The molecule has 0 atom stereocenters. The maximum absolute atomic E-state index is 11.1. The van der Waals surface area contributed by atoms with E-state index in [1.165, 1.54) is 36.1 Å². The molecule has 0 aliphatic heterocycles. The van der Waals surface area contributed by atoms with E-state index < -0.39 is 11.9 Å². The average Bonchev–Trinajstić information content (AvgIpc) is 3.04. The molecule has 31 heavy (non-hydrogen) atoms. The second-order valence-electron chi connectivity index (χ2n) is 7.83. The fraction of sp³-hybridized carbons (Fsp3) is 0.360. The van der Waals surface area contributed by atoms with Crippen LogP contribution in [-0.4, -0.2) is 23.4 Å². The van der Waals surface area contributed by atoms with Crippen molar-refractivity contribution < 1.29 is 19.3 Å². The maximum atomic E-state index is 11.1. The van der Waals surface area contributed by atoms with Gasteiger partial charge >= 0.3 is 11.9 Å². The van der Waals surface area contributed by atoms with Crippen LogP contribution in [0.1, 0.15) is 76.6 Å². The van der Waals surface area contributed by atoms with Gasteiger partial charge in [-0.3, -0.25) is 0 Å². The van der Waals surface area contributed by atoms with E-state index >= 15 is 0 Å². The molecule has 0 N–H and O–H groups in total. The number of rotatable bonds is 6. The molecule has 0 heterocycles. The van der Waals surface area contributed by atoms with Gasteiger partial charge in [-0.05, 0) is 72.2 Å². The number of nitrogens with zero attached hydrogens (tertiary/aromatic N) is 2. The Hall–Kier alpha value is -3.28. The number of benzene rings is 2. The highest BCUT2D eigenvalue weighted by molar-refractivity contribution is 6.01. The average molecular weight is 421 g/mol. The second-order valence-corrected chi connectivity index (χ2v) is 7.83. The van der Waals surface area contributed by atoms with E-state index in [4.69, 9.17) is 9.68 Å². The lowest BCUT2D eigenvalue weighted by molar-refractivity contribution is -0.141. The van der Waals surface area contributed by atoms with Crippen molar-refractivity contribution >= 4 is 23.4 Å². The largest absolute Gasteiger partial charge is 0.331 e. The number of fused-ring (bicyclic) bond motifs is 3. The number of carbonyl (C=O) groups excluding carboxylic acids is 2. The minimum Gasteiger partial charge on any atom is -0.318 e. The van der Waals surface area contributed by atoms with Gasteiger partial charge in [-0.25, -0.2) is 9.59 Å². The fourth-order valence-electron chi connectivity index (χ4n) is 4.33. The molecule has 0 fully saturated rings. The predicted octanol–water partition coefficient (Wildman–Crippen LogP) is 5.35. The zero-order valence-electron chi connectivity index (χ0n) is 18.9. The van der Waals surface area contributed by atoms with Crippen LogP contribution in [0.15, 0.2) is 46.7 Å². The molecule has 0 saturated carbocycles. The summed E-state index contributed by atoms with van der Waals surface area (Å²) in [6.07, 6.45) is 1.85. The van der Waals surface area contributed by atoms with Crippen molar-refractivity contribution in [1.82, 2.24) is 0 Å². The van der Waals surface area contributed by atoms with E-state index in [9.17, 15) is 9.59 Å². The third-order valence-corrected chi connectivity index (χ3v) is 6.03. The minimum atomic E-state index is -0.442. The Balaban J connectivity index is 2.12. The molecule has 2 aromatic carbocycles. The van der Waals surface area contributed by atoms with Crippen LogP contribution in [0.2, 0.25) is 0 Å². The van der Waals surface area contributed by atoms with Crippen LogP contribution in [0.4, 0.5) is 0 Å². The molecule has 0 amide bonds. The lowest BCUT2D eigenvalue weighted by Gasteiger charge is -2.30. The molecule has 1 aliphatic rings. The summed E-state index contributed by atoms with van der Waals surface area (Å²) in [6.45, 7) is 10.7. The Kier molecular flexibility index (Phi) is 6.39. The summed E-state index contributed by atoms with van der Waals surface area (Å²) in [5.41, 5.74) is 7.88. The Bertz CT molecular complexity index is 1010. The summed E-state index contributed by atoms with van der Waals surface area (Å²) in [5, 5.41) is 7.90. The lowest BCUT2D eigenvalue weighted by Crippen LogP contribution is -2.23. The Morgan fingerprint density at radius 3 is 1.45 bits per heavy atom. The van der Waals surface area contributed by atoms with E-state index in [0.29, 0.717) is 11.4 Å². The first-order valence-electron chi connectivity index (χ1n) is 10.5. The molecule has 0 bridgehead atoms. The highest BCUT2D eigenvalue weighted by atomic mass is 16.7. The van der Waals surface area contributed by atoms with Crippen molar-refractivity contribution in [3.63, 3.8) is 0 Å². The predicted molar refractivity (Wildman–Crippen MR) is 121 cm³/mol. The topological polar surface area (TPSA) is 77.3 Å². The molecule has 3 rings (SSSR count). The third kappa shape index (κ3) is 4.15. The van der Waals surface area contributed by atoms with Crippen molar-refractivity contribution in [2.45, 2.75) is 59.8 Å². The molecule has 0 spiro atoms. The summed E-state index contributed by atoms with van der Waals surface area (Å²) >= 11 is 0. The molecule has 0 aromatic heterocycles. The fourth-order valence-corrected chi connectivity index (χ4v) is 4.33. The quantitative estimate of drug-likeness (QED) is 0.359. The van der Waals surface area contributed by atoms with Gasteiger partial charge in [-0.15, -0.1) is 0 Å². The third-order valence-electron chi connectivity index (χ3n) is 6.03. The Morgan fingerprint density at radius 2 is 1.13 bits per heavy atom.